The van der Waals surface area contributed by atoms with Gasteiger partial charge in [0.25, 0.3) is 0 Å². The first-order valence-electron chi connectivity index (χ1n) is 4.13. The molecule has 0 bridgehead atoms. The summed E-state index contributed by atoms with van der Waals surface area (Å²) in [5.41, 5.74) is 2.34. The van der Waals surface area contributed by atoms with E-state index in [1.807, 2.05) is 19.3 Å². The van der Waals surface area contributed by atoms with E-state index in [4.69, 9.17) is 11.6 Å². The van der Waals surface area contributed by atoms with Crippen molar-refractivity contribution in [1.82, 2.24) is 10.3 Å². The molecule has 1 rings (SSSR count). The minimum absolute atomic E-state index is 0.626. The van der Waals surface area contributed by atoms with Crippen molar-refractivity contribution in [3.63, 3.8) is 0 Å². The largest absolute Gasteiger partial charge is 0.308 e. The lowest BCUT2D eigenvalue weighted by atomic mass is 10.2. The summed E-state index contributed by atoms with van der Waals surface area (Å²) in [6.45, 7) is 7.03. The lowest BCUT2D eigenvalue weighted by molar-refractivity contribution is 0.751. The van der Waals surface area contributed by atoms with Crippen molar-refractivity contribution in [2.75, 3.05) is 6.54 Å². The summed E-state index contributed by atoms with van der Waals surface area (Å²) < 4.78 is 0. The molecule has 70 valence electrons. The van der Waals surface area contributed by atoms with E-state index >= 15 is 0 Å². The monoisotopic (exact) mass is 196 g/mol. The van der Waals surface area contributed by atoms with Crippen LogP contribution < -0.4 is 5.32 Å². The number of rotatable bonds is 4. The third-order valence-corrected chi connectivity index (χ3v) is 1.71. The molecule has 0 atom stereocenters. The zero-order chi connectivity index (χ0) is 9.68. The van der Waals surface area contributed by atoms with Crippen LogP contribution in [0.2, 0.25) is 0 Å². The van der Waals surface area contributed by atoms with E-state index < -0.39 is 0 Å². The van der Waals surface area contributed by atoms with E-state index in [1.54, 1.807) is 0 Å². The highest BCUT2D eigenvalue weighted by Crippen LogP contribution is 2.01. The number of pyridine rings is 1. The second-order valence-electron chi connectivity index (χ2n) is 2.99. The van der Waals surface area contributed by atoms with Crippen molar-refractivity contribution in [1.29, 1.82) is 0 Å². The fourth-order valence-corrected chi connectivity index (χ4v) is 1.15. The Morgan fingerprint density at radius 2 is 2.38 bits per heavy atom. The normalized spacial score (nSPS) is 10.0. The van der Waals surface area contributed by atoms with Gasteiger partial charge in [-0.05, 0) is 18.1 Å². The van der Waals surface area contributed by atoms with Crippen LogP contribution in [0.4, 0.5) is 0 Å². The number of nitrogens with zero attached hydrogens (tertiary/aromatic N) is 1. The number of hydrogen-bond acceptors (Lipinski definition) is 2. The Morgan fingerprint density at radius 3 is 3.00 bits per heavy atom. The smallest absolute Gasteiger partial charge is 0.0313 e. The Hall–Kier alpha value is -0.860. The quantitative estimate of drug-likeness (QED) is 0.799. The molecule has 0 saturated carbocycles. The Balaban J connectivity index is 2.41. The van der Waals surface area contributed by atoms with Crippen LogP contribution >= 0.6 is 11.6 Å². The minimum atomic E-state index is 0.626. The molecule has 1 heterocycles. The van der Waals surface area contributed by atoms with Gasteiger partial charge in [0, 0.05) is 30.5 Å². The highest BCUT2D eigenvalue weighted by molar-refractivity contribution is 6.29. The summed E-state index contributed by atoms with van der Waals surface area (Å²) in [5.74, 6) is 0. The van der Waals surface area contributed by atoms with Crippen LogP contribution in [0.15, 0.2) is 30.1 Å². The first-order chi connectivity index (χ1) is 6.18. The first kappa shape index (κ1) is 10.2. The van der Waals surface area contributed by atoms with Gasteiger partial charge in [-0.25, -0.2) is 0 Å². The van der Waals surface area contributed by atoms with Crippen molar-refractivity contribution >= 4 is 11.6 Å². The number of aryl methyl sites for hydroxylation is 1. The predicted molar refractivity (Wildman–Crippen MR) is 55.7 cm³/mol. The zero-order valence-corrected chi connectivity index (χ0v) is 8.43. The highest BCUT2D eigenvalue weighted by Gasteiger charge is 1.93. The standard InChI is InChI=1S/C10H13ClN2/c1-8-3-10(6-12-4-8)7-13-5-9(2)11/h3-4,6,13H,2,5,7H2,1H3. The molecule has 0 unspecified atom stereocenters. The van der Waals surface area contributed by atoms with Gasteiger partial charge in [0.2, 0.25) is 0 Å². The number of aromatic nitrogens is 1. The summed E-state index contributed by atoms with van der Waals surface area (Å²) >= 11 is 5.60. The molecule has 1 aromatic rings. The minimum Gasteiger partial charge on any atom is -0.308 e. The average Bonchev–Trinajstić information content (AvgIpc) is 2.03. The van der Waals surface area contributed by atoms with Gasteiger partial charge in [-0.2, -0.15) is 0 Å². The molecule has 0 saturated heterocycles. The lowest BCUT2D eigenvalue weighted by Crippen LogP contribution is -2.14. The van der Waals surface area contributed by atoms with Crippen molar-refractivity contribution in [2.45, 2.75) is 13.5 Å². The van der Waals surface area contributed by atoms with Gasteiger partial charge in [-0.15, -0.1) is 0 Å². The Kier molecular flexibility index (Phi) is 3.93. The van der Waals surface area contributed by atoms with E-state index in [2.05, 4.69) is 22.9 Å². The second kappa shape index (κ2) is 5.00. The Morgan fingerprint density at radius 1 is 1.62 bits per heavy atom. The molecular weight excluding hydrogens is 184 g/mol. The molecule has 2 nitrogen and oxygen atoms in total. The first-order valence-corrected chi connectivity index (χ1v) is 4.51. The molecule has 0 radical (unpaired) electrons. The molecule has 3 heteroatoms. The SMILES string of the molecule is C=C(Cl)CNCc1cncc(C)c1. The summed E-state index contributed by atoms with van der Waals surface area (Å²) in [4.78, 5) is 4.09. The van der Waals surface area contributed by atoms with Crippen LogP contribution in [-0.4, -0.2) is 11.5 Å². The van der Waals surface area contributed by atoms with E-state index in [0.29, 0.717) is 11.6 Å². The molecular formula is C10H13ClN2. The molecule has 0 aromatic carbocycles. The van der Waals surface area contributed by atoms with Gasteiger partial charge >= 0.3 is 0 Å². The lowest BCUT2D eigenvalue weighted by Gasteiger charge is -2.03. The van der Waals surface area contributed by atoms with Crippen LogP contribution in [-0.2, 0) is 6.54 Å². The van der Waals surface area contributed by atoms with Crippen LogP contribution in [0.3, 0.4) is 0 Å². The van der Waals surface area contributed by atoms with Crippen LogP contribution in [0.25, 0.3) is 0 Å². The predicted octanol–water partition coefficient (Wildman–Crippen LogP) is 2.23. The summed E-state index contributed by atoms with van der Waals surface area (Å²) in [6.07, 6.45) is 3.68. The summed E-state index contributed by atoms with van der Waals surface area (Å²) in [7, 11) is 0. The maximum atomic E-state index is 5.60. The van der Waals surface area contributed by atoms with E-state index in [1.165, 1.54) is 5.56 Å². The van der Waals surface area contributed by atoms with Crippen molar-refractivity contribution in [3.8, 4) is 0 Å². The highest BCUT2D eigenvalue weighted by atomic mass is 35.5. The third kappa shape index (κ3) is 4.06. The van der Waals surface area contributed by atoms with Gasteiger partial charge in [0.1, 0.15) is 0 Å². The number of halogens is 1. The summed E-state index contributed by atoms with van der Waals surface area (Å²) in [6, 6.07) is 2.09. The Bertz CT molecular complexity index is 297. The van der Waals surface area contributed by atoms with Crippen molar-refractivity contribution < 1.29 is 0 Å². The topological polar surface area (TPSA) is 24.9 Å². The Labute approximate surface area is 83.6 Å². The van der Waals surface area contributed by atoms with E-state index in [0.717, 1.165) is 12.1 Å². The van der Waals surface area contributed by atoms with Gasteiger partial charge < -0.3 is 5.32 Å². The van der Waals surface area contributed by atoms with Crippen molar-refractivity contribution in [3.05, 3.63) is 41.2 Å². The molecule has 0 aliphatic rings. The molecule has 0 spiro atoms. The summed E-state index contributed by atoms with van der Waals surface area (Å²) in [5, 5.41) is 3.78. The van der Waals surface area contributed by atoms with Gasteiger partial charge in [0.05, 0.1) is 0 Å². The van der Waals surface area contributed by atoms with Crippen LogP contribution in [0.1, 0.15) is 11.1 Å². The molecule has 0 aliphatic carbocycles. The fraction of sp³-hybridized carbons (Fsp3) is 0.300. The molecule has 1 aromatic heterocycles. The molecule has 13 heavy (non-hydrogen) atoms. The van der Waals surface area contributed by atoms with Gasteiger partial charge in [0.15, 0.2) is 0 Å². The zero-order valence-electron chi connectivity index (χ0n) is 7.68. The van der Waals surface area contributed by atoms with Gasteiger partial charge in [-0.1, -0.05) is 24.2 Å². The van der Waals surface area contributed by atoms with Crippen LogP contribution in [0.5, 0.6) is 0 Å². The maximum Gasteiger partial charge on any atom is 0.0313 e. The van der Waals surface area contributed by atoms with E-state index in [-0.39, 0.29) is 0 Å². The third-order valence-electron chi connectivity index (χ3n) is 1.58. The number of nitrogens with one attached hydrogen (secondary N) is 1. The van der Waals surface area contributed by atoms with E-state index in [9.17, 15) is 0 Å². The van der Waals surface area contributed by atoms with Crippen LogP contribution in [0, 0.1) is 6.92 Å². The molecule has 0 amide bonds. The molecule has 0 aliphatic heterocycles. The molecule has 0 fully saturated rings. The fourth-order valence-electron chi connectivity index (χ4n) is 1.06. The second-order valence-corrected chi connectivity index (χ2v) is 3.53. The van der Waals surface area contributed by atoms with Gasteiger partial charge in [-0.3, -0.25) is 4.98 Å². The maximum absolute atomic E-state index is 5.60. The average molecular weight is 197 g/mol. The molecule has 1 N–H and O–H groups in total. The van der Waals surface area contributed by atoms with Crippen molar-refractivity contribution in [2.24, 2.45) is 0 Å². The number of hydrogen-bond donors (Lipinski definition) is 1.